The molecule has 1 aromatic carbocycles. The van der Waals surface area contributed by atoms with Gasteiger partial charge in [0.25, 0.3) is 0 Å². The quantitative estimate of drug-likeness (QED) is 0.771. The third-order valence-electron chi connectivity index (χ3n) is 3.70. The molecule has 7 nitrogen and oxygen atoms in total. The second kappa shape index (κ2) is 6.44. The summed E-state index contributed by atoms with van der Waals surface area (Å²) < 4.78 is 71.0. The molecule has 144 valence electrons. The number of nitrogens with zero attached hydrogens (tertiary/aromatic N) is 3. The molecule has 1 aliphatic heterocycles. The van der Waals surface area contributed by atoms with Crippen LogP contribution in [0.15, 0.2) is 22.6 Å². The van der Waals surface area contributed by atoms with Gasteiger partial charge in [-0.25, -0.2) is 13.6 Å². The molecule has 2 heterocycles. The molecule has 0 spiro atoms. The van der Waals surface area contributed by atoms with E-state index in [0.717, 1.165) is 6.07 Å². The van der Waals surface area contributed by atoms with E-state index in [1.807, 2.05) is 0 Å². The van der Waals surface area contributed by atoms with Gasteiger partial charge >= 0.3 is 12.1 Å². The summed E-state index contributed by atoms with van der Waals surface area (Å²) in [4.78, 5) is 18.8. The number of alkyl halides is 3. The number of hydrogen-bond donors (Lipinski definition) is 1. The third-order valence-corrected chi connectivity index (χ3v) is 5.67. The van der Waals surface area contributed by atoms with Crippen molar-refractivity contribution in [3.63, 3.8) is 0 Å². The van der Waals surface area contributed by atoms with Gasteiger partial charge in [0.05, 0.1) is 39.6 Å². The Hall–Kier alpha value is -2.76. The molecule has 0 saturated heterocycles. The van der Waals surface area contributed by atoms with E-state index in [2.05, 4.69) is 14.3 Å². The molecule has 0 saturated carbocycles. The maximum atomic E-state index is 13.8. The second-order valence-electron chi connectivity index (χ2n) is 5.60. The van der Waals surface area contributed by atoms with E-state index in [4.69, 9.17) is 4.74 Å². The Kier molecular flexibility index (Phi) is 4.54. The lowest BCUT2D eigenvalue weighted by Crippen LogP contribution is -2.22. The SMILES string of the molecule is COc1ccc(-c2nc(O)c3c(n2)CS(=O)(=NC(=O)C(F)(F)F)C3)cc1F. The van der Waals surface area contributed by atoms with Gasteiger partial charge in [-0.15, -0.1) is 0 Å². The van der Waals surface area contributed by atoms with Crippen LogP contribution in [0, 0.1) is 5.82 Å². The van der Waals surface area contributed by atoms with Crippen LogP contribution >= 0.6 is 0 Å². The molecule has 0 bridgehead atoms. The Morgan fingerprint density at radius 3 is 2.59 bits per heavy atom. The first-order valence-electron chi connectivity index (χ1n) is 7.29. The summed E-state index contributed by atoms with van der Waals surface area (Å²) in [5.41, 5.74) is 0.0852. The molecule has 0 fully saturated rings. The number of halogens is 4. The van der Waals surface area contributed by atoms with E-state index in [9.17, 15) is 31.7 Å². The molecule has 0 aliphatic carbocycles. The van der Waals surface area contributed by atoms with Crippen molar-refractivity contribution in [1.29, 1.82) is 0 Å². The smallest absolute Gasteiger partial charge is 0.474 e. The summed E-state index contributed by atoms with van der Waals surface area (Å²) in [7, 11) is -2.36. The van der Waals surface area contributed by atoms with E-state index >= 15 is 0 Å². The summed E-state index contributed by atoms with van der Waals surface area (Å²) in [5.74, 6) is -5.11. The number of aromatic hydroxyl groups is 1. The molecule has 1 unspecified atom stereocenters. The van der Waals surface area contributed by atoms with Gasteiger partial charge in [0.15, 0.2) is 17.4 Å². The normalized spacial score (nSPS) is 18.9. The first kappa shape index (κ1) is 19.0. The number of aromatic nitrogens is 2. The summed E-state index contributed by atoms with van der Waals surface area (Å²) in [6.45, 7) is 0. The molecular formula is C15H11F4N3O4S. The van der Waals surface area contributed by atoms with Crippen LogP contribution in [0.2, 0.25) is 0 Å². The molecule has 27 heavy (non-hydrogen) atoms. The molecule has 0 radical (unpaired) electrons. The van der Waals surface area contributed by atoms with Gasteiger partial charge < -0.3 is 9.84 Å². The molecule has 1 N–H and O–H groups in total. The largest absolute Gasteiger partial charge is 0.494 e. The fourth-order valence-electron chi connectivity index (χ4n) is 2.48. The van der Waals surface area contributed by atoms with Crippen molar-refractivity contribution in [2.45, 2.75) is 17.7 Å². The van der Waals surface area contributed by atoms with Crippen molar-refractivity contribution in [2.24, 2.45) is 4.36 Å². The van der Waals surface area contributed by atoms with Crippen molar-refractivity contribution in [3.8, 4) is 23.0 Å². The number of ether oxygens (including phenoxy) is 1. The van der Waals surface area contributed by atoms with Gasteiger partial charge in [-0.05, 0) is 18.2 Å². The fourth-order valence-corrected chi connectivity index (χ4v) is 4.53. The van der Waals surface area contributed by atoms with Crippen LogP contribution < -0.4 is 4.74 Å². The van der Waals surface area contributed by atoms with Gasteiger partial charge in [-0.1, -0.05) is 0 Å². The molecule has 1 amide bonds. The first-order chi connectivity index (χ1) is 12.5. The topological polar surface area (TPSA) is 102 Å². The maximum Gasteiger partial charge on any atom is 0.474 e. The van der Waals surface area contributed by atoms with Crippen LogP contribution in [0.25, 0.3) is 11.4 Å². The monoisotopic (exact) mass is 405 g/mol. The minimum Gasteiger partial charge on any atom is -0.494 e. The lowest BCUT2D eigenvalue weighted by molar-refractivity contribution is -0.169. The van der Waals surface area contributed by atoms with Crippen molar-refractivity contribution < 1.29 is 36.4 Å². The Morgan fingerprint density at radius 2 is 2.00 bits per heavy atom. The lowest BCUT2D eigenvalue weighted by atomic mass is 10.1. The van der Waals surface area contributed by atoms with E-state index in [-0.39, 0.29) is 28.4 Å². The van der Waals surface area contributed by atoms with Gasteiger partial charge in [0, 0.05) is 5.56 Å². The summed E-state index contributed by atoms with van der Waals surface area (Å²) in [6, 6.07) is 3.76. The number of carbonyl (C=O) groups is 1. The highest BCUT2D eigenvalue weighted by atomic mass is 32.2. The Bertz CT molecular complexity index is 1060. The zero-order valence-electron chi connectivity index (χ0n) is 13.6. The predicted molar refractivity (Wildman–Crippen MR) is 84.7 cm³/mol. The highest BCUT2D eigenvalue weighted by molar-refractivity contribution is 7.92. The van der Waals surface area contributed by atoms with Crippen LogP contribution in [0.1, 0.15) is 11.3 Å². The van der Waals surface area contributed by atoms with Gasteiger partial charge in [-0.3, -0.25) is 4.79 Å². The summed E-state index contributed by atoms with van der Waals surface area (Å²) in [5, 5.41) is 10.0. The van der Waals surface area contributed by atoms with Crippen LogP contribution in [0.5, 0.6) is 11.6 Å². The number of rotatable bonds is 2. The standard InChI is InChI=1S/C15H11F4N3O4S/c1-26-11-3-2-7(4-9(11)16)12-20-10-6-27(25,5-8(10)13(23)21-12)22-14(24)15(17,18)19/h2-4H,5-6H2,1H3,(H,20,21,23). The molecule has 3 rings (SSSR count). The predicted octanol–water partition coefficient (Wildman–Crippen LogP) is 2.57. The fraction of sp³-hybridized carbons (Fsp3) is 0.267. The summed E-state index contributed by atoms with van der Waals surface area (Å²) in [6.07, 6.45) is -5.25. The maximum absolute atomic E-state index is 13.8. The van der Waals surface area contributed by atoms with Gasteiger partial charge in [0.1, 0.15) is 0 Å². The average Bonchev–Trinajstić information content (AvgIpc) is 2.90. The van der Waals surface area contributed by atoms with Crippen molar-refractivity contribution in [3.05, 3.63) is 35.3 Å². The molecule has 1 aliphatic rings. The minimum absolute atomic E-state index is 0.0162. The zero-order chi connectivity index (χ0) is 20.0. The second-order valence-corrected chi connectivity index (χ2v) is 7.91. The lowest BCUT2D eigenvalue weighted by Gasteiger charge is -2.07. The number of benzene rings is 1. The molecule has 12 heteroatoms. The van der Waals surface area contributed by atoms with E-state index in [1.54, 1.807) is 0 Å². The number of carbonyl (C=O) groups excluding carboxylic acids is 1. The Morgan fingerprint density at radius 1 is 1.30 bits per heavy atom. The van der Waals surface area contributed by atoms with E-state index in [1.165, 1.54) is 19.2 Å². The number of methoxy groups -OCH3 is 1. The van der Waals surface area contributed by atoms with E-state index in [0.29, 0.717) is 0 Å². The van der Waals surface area contributed by atoms with Crippen LogP contribution in [-0.4, -0.2) is 38.5 Å². The molecule has 1 atom stereocenters. The van der Waals surface area contributed by atoms with Crippen molar-refractivity contribution in [1.82, 2.24) is 9.97 Å². The number of fused-ring (bicyclic) bond motifs is 1. The van der Waals surface area contributed by atoms with E-state index < -0.39 is 45.0 Å². The minimum atomic E-state index is -5.25. The average molecular weight is 405 g/mol. The first-order valence-corrected chi connectivity index (χ1v) is 9.14. The Labute approximate surface area is 150 Å². The van der Waals surface area contributed by atoms with Crippen molar-refractivity contribution >= 4 is 15.6 Å². The molecular weight excluding hydrogens is 394 g/mol. The Balaban J connectivity index is 2.01. The highest BCUT2D eigenvalue weighted by Crippen LogP contribution is 2.34. The van der Waals surface area contributed by atoms with Gasteiger partial charge in [-0.2, -0.15) is 22.5 Å². The van der Waals surface area contributed by atoms with Crippen molar-refractivity contribution in [2.75, 3.05) is 7.11 Å². The van der Waals surface area contributed by atoms with Crippen LogP contribution in [-0.2, 0) is 26.0 Å². The molecule has 1 aromatic heterocycles. The zero-order valence-corrected chi connectivity index (χ0v) is 14.4. The van der Waals surface area contributed by atoms with Crippen LogP contribution in [0.3, 0.4) is 0 Å². The van der Waals surface area contributed by atoms with Crippen LogP contribution in [0.4, 0.5) is 17.6 Å². The number of hydrogen-bond acceptors (Lipinski definition) is 6. The number of amides is 1. The van der Waals surface area contributed by atoms with Gasteiger partial charge in [0.2, 0.25) is 5.88 Å². The highest BCUT2D eigenvalue weighted by Gasteiger charge is 2.41. The summed E-state index contributed by atoms with van der Waals surface area (Å²) >= 11 is 0. The third kappa shape index (κ3) is 3.70. The molecule has 2 aromatic rings.